The van der Waals surface area contributed by atoms with Crippen molar-refractivity contribution in [2.24, 2.45) is 0 Å². The van der Waals surface area contributed by atoms with E-state index >= 15 is 0 Å². The van der Waals surface area contributed by atoms with Crippen LogP contribution >= 0.6 is 0 Å². The lowest BCUT2D eigenvalue weighted by molar-refractivity contribution is 0.237. The number of anilines is 1. The molecule has 1 atom stereocenters. The Balaban J connectivity index is 1.49. The fourth-order valence-corrected chi connectivity index (χ4v) is 3.37. The summed E-state index contributed by atoms with van der Waals surface area (Å²) in [4.78, 5) is 21.3. The van der Waals surface area contributed by atoms with Crippen molar-refractivity contribution in [2.75, 3.05) is 37.6 Å². The second kappa shape index (κ2) is 8.85. The number of hydrogen-bond donors (Lipinski definition) is 2. The molecule has 2 aliphatic rings. The zero-order valence-corrected chi connectivity index (χ0v) is 15.1. The average molecular weight is 343 g/mol. The lowest BCUT2D eigenvalue weighted by Crippen LogP contribution is -2.46. The Labute approximate surface area is 150 Å². The molecule has 1 aromatic rings. The van der Waals surface area contributed by atoms with Crippen molar-refractivity contribution >= 4 is 11.8 Å². The quantitative estimate of drug-likeness (QED) is 0.804. The number of carbonyl (C=O) groups excluding carboxylic acids is 1. The first-order chi connectivity index (χ1) is 12.2. The van der Waals surface area contributed by atoms with Crippen LogP contribution in [0.25, 0.3) is 0 Å². The second-order valence-electron chi connectivity index (χ2n) is 6.74. The van der Waals surface area contributed by atoms with Crippen molar-refractivity contribution in [3.05, 3.63) is 36.0 Å². The Bertz CT molecular complexity index is 595. The number of hydrogen-bond acceptors (Lipinski definition) is 4. The smallest absolute Gasteiger partial charge is 0.315 e. The summed E-state index contributed by atoms with van der Waals surface area (Å²) in [7, 11) is 0. The van der Waals surface area contributed by atoms with Gasteiger partial charge in [-0.1, -0.05) is 19.1 Å². The van der Waals surface area contributed by atoms with Crippen molar-refractivity contribution in [1.29, 1.82) is 0 Å². The van der Waals surface area contributed by atoms with Crippen LogP contribution in [0.3, 0.4) is 0 Å². The standard InChI is InChI=1S/C19H29N5O/c1-2-23-10-12-24(13-11-23)18-14-16(8-9-20-18)15-21-19(25)22-17-6-4-3-5-7-17/h4,6,8-9,14,17H,2-3,5,7,10-13,15H2,1H3,(H2,21,22,25). The van der Waals surface area contributed by atoms with Gasteiger partial charge in [-0.15, -0.1) is 0 Å². The lowest BCUT2D eigenvalue weighted by Gasteiger charge is -2.34. The minimum absolute atomic E-state index is 0.105. The first-order valence-corrected chi connectivity index (χ1v) is 9.38. The van der Waals surface area contributed by atoms with Crippen LogP contribution in [-0.4, -0.2) is 54.7 Å². The van der Waals surface area contributed by atoms with Crippen LogP contribution in [0.1, 0.15) is 31.7 Å². The predicted molar refractivity (Wildman–Crippen MR) is 101 cm³/mol. The summed E-state index contributed by atoms with van der Waals surface area (Å²) in [5.74, 6) is 1.01. The summed E-state index contributed by atoms with van der Waals surface area (Å²) in [6.45, 7) is 8.01. The van der Waals surface area contributed by atoms with Crippen LogP contribution in [0, 0.1) is 0 Å². The van der Waals surface area contributed by atoms with Gasteiger partial charge in [0, 0.05) is 45.0 Å². The number of likely N-dealkylation sites (N-methyl/N-ethyl adjacent to an activating group) is 1. The lowest BCUT2D eigenvalue weighted by atomic mass is 10.0. The molecule has 1 fully saturated rings. The molecule has 0 bridgehead atoms. The molecule has 0 radical (unpaired) electrons. The summed E-state index contributed by atoms with van der Waals surface area (Å²) in [5, 5.41) is 5.96. The molecule has 136 valence electrons. The molecule has 1 aromatic heterocycles. The SMILES string of the molecule is CCN1CCN(c2cc(CNC(=O)NC3C=CCCC3)ccn2)CC1. The van der Waals surface area contributed by atoms with E-state index in [1.807, 2.05) is 12.3 Å². The fraction of sp³-hybridized carbons (Fsp3) is 0.579. The van der Waals surface area contributed by atoms with E-state index in [1.54, 1.807) is 0 Å². The van der Waals surface area contributed by atoms with Crippen LogP contribution in [0.2, 0.25) is 0 Å². The van der Waals surface area contributed by atoms with E-state index in [0.717, 1.165) is 63.4 Å². The highest BCUT2D eigenvalue weighted by atomic mass is 16.2. The van der Waals surface area contributed by atoms with E-state index in [2.05, 4.69) is 50.6 Å². The van der Waals surface area contributed by atoms with Crippen molar-refractivity contribution in [2.45, 2.75) is 38.8 Å². The topological polar surface area (TPSA) is 60.5 Å². The molecule has 1 aliphatic heterocycles. The minimum Gasteiger partial charge on any atom is -0.354 e. The van der Waals surface area contributed by atoms with Gasteiger partial charge in [-0.3, -0.25) is 0 Å². The maximum atomic E-state index is 12.1. The summed E-state index contributed by atoms with van der Waals surface area (Å²) in [6, 6.07) is 4.11. The molecule has 1 saturated heterocycles. The second-order valence-corrected chi connectivity index (χ2v) is 6.74. The highest BCUT2D eigenvalue weighted by molar-refractivity contribution is 5.74. The number of piperazine rings is 1. The van der Waals surface area contributed by atoms with Crippen molar-refractivity contribution in [1.82, 2.24) is 20.5 Å². The number of aromatic nitrogens is 1. The van der Waals surface area contributed by atoms with E-state index in [-0.39, 0.29) is 12.1 Å². The average Bonchev–Trinajstić information content (AvgIpc) is 2.67. The van der Waals surface area contributed by atoms with E-state index in [1.165, 1.54) is 0 Å². The Kier molecular flexibility index (Phi) is 6.28. The number of nitrogens with zero attached hydrogens (tertiary/aromatic N) is 3. The molecule has 0 saturated carbocycles. The van der Waals surface area contributed by atoms with Gasteiger partial charge in [-0.25, -0.2) is 9.78 Å². The number of nitrogens with one attached hydrogen (secondary N) is 2. The Morgan fingerprint density at radius 1 is 1.32 bits per heavy atom. The number of amides is 2. The third-order valence-corrected chi connectivity index (χ3v) is 4.98. The molecule has 1 unspecified atom stereocenters. The normalized spacial score (nSPS) is 21.2. The molecular weight excluding hydrogens is 314 g/mol. The zero-order valence-electron chi connectivity index (χ0n) is 15.1. The van der Waals surface area contributed by atoms with Gasteiger partial charge in [-0.05, 0) is 43.5 Å². The first-order valence-electron chi connectivity index (χ1n) is 9.38. The van der Waals surface area contributed by atoms with Gasteiger partial charge in [0.25, 0.3) is 0 Å². The number of pyridine rings is 1. The van der Waals surface area contributed by atoms with Crippen molar-refractivity contribution in [3.8, 4) is 0 Å². The Morgan fingerprint density at radius 3 is 2.88 bits per heavy atom. The number of rotatable bonds is 5. The summed E-state index contributed by atoms with van der Waals surface area (Å²) < 4.78 is 0. The van der Waals surface area contributed by atoms with Crippen LogP contribution in [-0.2, 0) is 6.54 Å². The minimum atomic E-state index is -0.105. The van der Waals surface area contributed by atoms with Crippen molar-refractivity contribution < 1.29 is 4.79 Å². The predicted octanol–water partition coefficient (Wildman–Crippen LogP) is 2.13. The Hall–Kier alpha value is -2.08. The Morgan fingerprint density at radius 2 is 2.16 bits per heavy atom. The van der Waals surface area contributed by atoms with Crippen molar-refractivity contribution in [3.63, 3.8) is 0 Å². The number of allylic oxidation sites excluding steroid dienone is 1. The van der Waals surface area contributed by atoms with Crippen LogP contribution < -0.4 is 15.5 Å². The molecule has 3 rings (SSSR count). The molecule has 0 aromatic carbocycles. The van der Waals surface area contributed by atoms with Gasteiger partial charge in [0.05, 0.1) is 0 Å². The molecular formula is C19H29N5O. The molecule has 6 nitrogen and oxygen atoms in total. The van der Waals surface area contributed by atoms with E-state index < -0.39 is 0 Å². The summed E-state index contributed by atoms with van der Waals surface area (Å²) >= 11 is 0. The highest BCUT2D eigenvalue weighted by Crippen LogP contribution is 2.15. The van der Waals surface area contributed by atoms with Gasteiger partial charge < -0.3 is 20.4 Å². The maximum absolute atomic E-state index is 12.1. The fourth-order valence-electron chi connectivity index (χ4n) is 3.37. The van der Waals surface area contributed by atoms with E-state index in [0.29, 0.717) is 6.54 Å². The number of urea groups is 1. The summed E-state index contributed by atoms with van der Waals surface area (Å²) in [5.41, 5.74) is 1.08. The number of carbonyl (C=O) groups is 1. The summed E-state index contributed by atoms with van der Waals surface area (Å²) in [6.07, 6.45) is 9.34. The zero-order chi connectivity index (χ0) is 17.5. The molecule has 2 amide bonds. The van der Waals surface area contributed by atoms with Gasteiger partial charge in [0.2, 0.25) is 0 Å². The van der Waals surface area contributed by atoms with Gasteiger partial charge in [0.1, 0.15) is 5.82 Å². The van der Waals surface area contributed by atoms with Crippen LogP contribution in [0.5, 0.6) is 0 Å². The molecule has 6 heteroatoms. The maximum Gasteiger partial charge on any atom is 0.315 e. The van der Waals surface area contributed by atoms with Gasteiger partial charge >= 0.3 is 6.03 Å². The van der Waals surface area contributed by atoms with Gasteiger partial charge in [0.15, 0.2) is 0 Å². The molecule has 0 spiro atoms. The van der Waals surface area contributed by atoms with Crippen LogP contribution in [0.4, 0.5) is 10.6 Å². The molecule has 25 heavy (non-hydrogen) atoms. The highest BCUT2D eigenvalue weighted by Gasteiger charge is 2.17. The third kappa shape index (κ3) is 5.19. The molecule has 2 heterocycles. The van der Waals surface area contributed by atoms with E-state index in [4.69, 9.17) is 0 Å². The van der Waals surface area contributed by atoms with E-state index in [9.17, 15) is 4.79 Å². The largest absolute Gasteiger partial charge is 0.354 e. The molecule has 2 N–H and O–H groups in total. The first kappa shape index (κ1) is 17.7. The third-order valence-electron chi connectivity index (χ3n) is 4.98. The molecule has 1 aliphatic carbocycles. The van der Waals surface area contributed by atoms with Gasteiger partial charge in [-0.2, -0.15) is 0 Å². The van der Waals surface area contributed by atoms with Crippen LogP contribution in [0.15, 0.2) is 30.5 Å². The monoisotopic (exact) mass is 343 g/mol.